The molecule has 0 aliphatic carbocycles. The number of primary amides is 1. The lowest BCUT2D eigenvalue weighted by atomic mass is 9.96. The first-order valence-electron chi connectivity index (χ1n) is 10.2. The van der Waals surface area contributed by atoms with E-state index < -0.39 is 18.0 Å². The predicted octanol–water partition coefficient (Wildman–Crippen LogP) is 2.65. The van der Waals surface area contributed by atoms with Gasteiger partial charge in [-0.2, -0.15) is 0 Å². The monoisotopic (exact) mass is 442 g/mol. The zero-order chi connectivity index (χ0) is 22.5. The number of anilines is 1. The molecule has 0 spiro atoms. The van der Waals surface area contributed by atoms with Gasteiger partial charge in [0.15, 0.2) is 0 Å². The third kappa shape index (κ3) is 5.62. The highest BCUT2D eigenvalue weighted by Gasteiger charge is 2.40. The second-order valence-corrected chi connectivity index (χ2v) is 8.27. The topological polar surface area (TPSA) is 105 Å². The van der Waals surface area contributed by atoms with E-state index in [2.05, 4.69) is 10.6 Å². The lowest BCUT2D eigenvalue weighted by Gasteiger charge is -2.28. The summed E-state index contributed by atoms with van der Waals surface area (Å²) in [6, 6.07) is 13.9. The van der Waals surface area contributed by atoms with Crippen molar-refractivity contribution in [3.05, 3.63) is 64.7 Å². The second-order valence-electron chi connectivity index (χ2n) is 7.83. The van der Waals surface area contributed by atoms with Gasteiger partial charge in [-0.1, -0.05) is 41.9 Å². The molecule has 2 aromatic rings. The highest BCUT2D eigenvalue weighted by atomic mass is 35.5. The van der Waals surface area contributed by atoms with Crippen molar-refractivity contribution in [1.29, 1.82) is 0 Å². The van der Waals surface area contributed by atoms with Gasteiger partial charge in [-0.25, -0.2) is 0 Å². The van der Waals surface area contributed by atoms with Crippen LogP contribution in [0.1, 0.15) is 37.3 Å². The fraction of sp³-hybridized carbons (Fsp3) is 0.348. The number of hydrogen-bond acceptors (Lipinski definition) is 4. The van der Waals surface area contributed by atoms with Gasteiger partial charge in [-0.05, 0) is 48.6 Å². The number of carbonyl (C=O) groups is 3. The van der Waals surface area contributed by atoms with Crippen molar-refractivity contribution in [3.63, 3.8) is 0 Å². The Morgan fingerprint density at radius 1 is 1.19 bits per heavy atom. The van der Waals surface area contributed by atoms with Crippen LogP contribution in [0.25, 0.3) is 0 Å². The Kier molecular flexibility index (Phi) is 7.30. The van der Waals surface area contributed by atoms with Gasteiger partial charge >= 0.3 is 0 Å². The molecule has 1 fully saturated rings. The van der Waals surface area contributed by atoms with Crippen LogP contribution in [-0.4, -0.2) is 41.2 Å². The summed E-state index contributed by atoms with van der Waals surface area (Å²) in [5.41, 5.74) is 8.06. The van der Waals surface area contributed by atoms with Gasteiger partial charge in [0.2, 0.25) is 17.7 Å². The lowest BCUT2D eigenvalue weighted by Crippen LogP contribution is -2.51. The Bertz CT molecular complexity index is 967. The van der Waals surface area contributed by atoms with Gasteiger partial charge in [-0.3, -0.25) is 19.3 Å². The van der Waals surface area contributed by atoms with E-state index in [9.17, 15) is 14.4 Å². The number of hydrogen-bond donors (Lipinski definition) is 3. The van der Waals surface area contributed by atoms with Crippen molar-refractivity contribution in [2.75, 3.05) is 11.9 Å². The van der Waals surface area contributed by atoms with Gasteiger partial charge in [-0.15, -0.1) is 0 Å². The SMILES string of the molecule is CC(=O)Nc1ccc(Cl)cc1CNC(=O)[C@H](C)N1CC(c2ccccc2)CC1C(N)=O. The zero-order valence-corrected chi connectivity index (χ0v) is 18.4. The zero-order valence-electron chi connectivity index (χ0n) is 17.6. The summed E-state index contributed by atoms with van der Waals surface area (Å²) < 4.78 is 0. The Morgan fingerprint density at radius 2 is 1.90 bits per heavy atom. The molecule has 4 N–H and O–H groups in total. The van der Waals surface area contributed by atoms with Crippen molar-refractivity contribution in [2.45, 2.75) is 44.8 Å². The standard InChI is InChI=1S/C23H27ClN4O3/c1-14(23(31)26-12-17-10-19(24)8-9-20(17)27-15(2)29)28-13-18(11-21(28)22(25)30)16-6-4-3-5-7-16/h3-10,14,18,21H,11-13H2,1-2H3,(H2,25,30)(H,26,31)(H,27,29)/t14-,18?,21?/m0/s1. The van der Waals surface area contributed by atoms with Crippen molar-refractivity contribution >= 4 is 35.0 Å². The van der Waals surface area contributed by atoms with E-state index in [1.165, 1.54) is 6.92 Å². The molecule has 2 unspecified atom stereocenters. The van der Waals surface area contributed by atoms with E-state index in [0.29, 0.717) is 29.2 Å². The van der Waals surface area contributed by atoms with Crippen LogP contribution in [0.4, 0.5) is 5.69 Å². The van der Waals surface area contributed by atoms with Crippen LogP contribution < -0.4 is 16.4 Å². The van der Waals surface area contributed by atoms with E-state index in [0.717, 1.165) is 5.56 Å². The normalized spacial score (nSPS) is 19.6. The number of nitrogens with two attached hydrogens (primary N) is 1. The first kappa shape index (κ1) is 22.8. The molecule has 31 heavy (non-hydrogen) atoms. The van der Waals surface area contributed by atoms with E-state index >= 15 is 0 Å². The summed E-state index contributed by atoms with van der Waals surface area (Å²) in [4.78, 5) is 38.3. The average Bonchev–Trinajstić information content (AvgIpc) is 3.19. The molecule has 1 saturated heterocycles. The maximum absolute atomic E-state index is 12.9. The number of rotatable bonds is 7. The third-order valence-electron chi connectivity index (χ3n) is 5.65. The molecule has 1 heterocycles. The third-order valence-corrected chi connectivity index (χ3v) is 5.88. The Labute approximate surface area is 186 Å². The molecule has 164 valence electrons. The molecule has 1 aliphatic heterocycles. The van der Waals surface area contributed by atoms with Crippen LogP contribution in [0, 0.1) is 0 Å². The molecule has 0 aromatic heterocycles. The first-order valence-corrected chi connectivity index (χ1v) is 10.6. The van der Waals surface area contributed by atoms with E-state index in [4.69, 9.17) is 17.3 Å². The Morgan fingerprint density at radius 3 is 2.55 bits per heavy atom. The van der Waals surface area contributed by atoms with Gasteiger partial charge in [0, 0.05) is 30.7 Å². The molecule has 0 saturated carbocycles. The fourth-order valence-electron chi connectivity index (χ4n) is 4.04. The van der Waals surface area contributed by atoms with Gasteiger partial charge in [0.05, 0.1) is 12.1 Å². The minimum absolute atomic E-state index is 0.133. The largest absolute Gasteiger partial charge is 0.368 e. The number of halogens is 1. The predicted molar refractivity (Wildman–Crippen MR) is 121 cm³/mol. The summed E-state index contributed by atoms with van der Waals surface area (Å²) in [6.45, 7) is 3.95. The van der Waals surface area contributed by atoms with E-state index in [1.807, 2.05) is 35.2 Å². The average molecular weight is 443 g/mol. The number of likely N-dealkylation sites (tertiary alicyclic amines) is 1. The number of nitrogens with one attached hydrogen (secondary N) is 2. The smallest absolute Gasteiger partial charge is 0.237 e. The molecule has 2 aromatic carbocycles. The number of amides is 3. The minimum Gasteiger partial charge on any atom is -0.368 e. The highest BCUT2D eigenvalue weighted by Crippen LogP contribution is 2.33. The van der Waals surface area contributed by atoms with Crippen molar-refractivity contribution in [3.8, 4) is 0 Å². The van der Waals surface area contributed by atoms with Crippen LogP contribution in [0.2, 0.25) is 5.02 Å². The molecular formula is C23H27ClN4O3. The fourth-order valence-corrected chi connectivity index (χ4v) is 4.23. The van der Waals surface area contributed by atoms with E-state index in [-0.39, 0.29) is 24.3 Å². The maximum Gasteiger partial charge on any atom is 0.237 e. The molecule has 3 atom stereocenters. The second kappa shape index (κ2) is 9.94. The van der Waals surface area contributed by atoms with Crippen LogP contribution >= 0.6 is 11.6 Å². The van der Waals surface area contributed by atoms with Gasteiger partial charge in [0.1, 0.15) is 0 Å². The number of benzene rings is 2. The first-order chi connectivity index (χ1) is 14.8. The highest BCUT2D eigenvalue weighted by molar-refractivity contribution is 6.30. The maximum atomic E-state index is 12.9. The minimum atomic E-state index is -0.547. The quantitative estimate of drug-likeness (QED) is 0.613. The summed E-state index contributed by atoms with van der Waals surface area (Å²) in [5.74, 6) is -0.737. The number of nitrogens with zero attached hydrogens (tertiary/aromatic N) is 1. The molecule has 7 nitrogen and oxygen atoms in total. The molecule has 0 bridgehead atoms. The Hall–Kier alpha value is -2.90. The van der Waals surface area contributed by atoms with Crippen LogP contribution in [0.3, 0.4) is 0 Å². The van der Waals surface area contributed by atoms with Crippen LogP contribution in [0.5, 0.6) is 0 Å². The van der Waals surface area contributed by atoms with Crippen molar-refractivity contribution in [1.82, 2.24) is 10.2 Å². The van der Waals surface area contributed by atoms with Gasteiger partial charge < -0.3 is 16.4 Å². The number of carbonyl (C=O) groups excluding carboxylic acids is 3. The Balaban J connectivity index is 1.70. The summed E-state index contributed by atoms with van der Waals surface area (Å²) in [6.07, 6.45) is 0.581. The molecule has 8 heteroatoms. The molecule has 1 aliphatic rings. The van der Waals surface area contributed by atoms with Crippen LogP contribution in [-0.2, 0) is 20.9 Å². The molecule has 0 radical (unpaired) electrons. The molecular weight excluding hydrogens is 416 g/mol. The molecule has 3 rings (SSSR count). The summed E-state index contributed by atoms with van der Waals surface area (Å²) in [7, 11) is 0. The summed E-state index contributed by atoms with van der Waals surface area (Å²) >= 11 is 6.08. The van der Waals surface area contributed by atoms with E-state index in [1.54, 1.807) is 25.1 Å². The van der Waals surface area contributed by atoms with Crippen LogP contribution in [0.15, 0.2) is 48.5 Å². The van der Waals surface area contributed by atoms with Gasteiger partial charge in [0.25, 0.3) is 0 Å². The van der Waals surface area contributed by atoms with Crippen molar-refractivity contribution in [2.24, 2.45) is 5.73 Å². The molecule has 3 amide bonds. The van der Waals surface area contributed by atoms with Crippen molar-refractivity contribution < 1.29 is 14.4 Å². The lowest BCUT2D eigenvalue weighted by molar-refractivity contribution is -0.129. The summed E-state index contributed by atoms with van der Waals surface area (Å²) in [5, 5.41) is 6.13.